The first-order valence-corrected chi connectivity index (χ1v) is 4.24. The van der Waals surface area contributed by atoms with Gasteiger partial charge in [-0.3, -0.25) is 0 Å². The summed E-state index contributed by atoms with van der Waals surface area (Å²) >= 11 is 0. The van der Waals surface area contributed by atoms with Crippen LogP contribution in [-0.2, 0) is 0 Å². The molecule has 1 heterocycles. The monoisotopic (exact) mass is 230 g/mol. The molecular weight excluding hydrogens is 222 g/mol. The quantitative estimate of drug-likeness (QED) is 0.350. The van der Waals surface area contributed by atoms with Crippen LogP contribution >= 0.6 is 0 Å². The van der Waals surface area contributed by atoms with Crippen LogP contribution < -0.4 is 0 Å². The summed E-state index contributed by atoms with van der Waals surface area (Å²) < 4.78 is 25.4. The predicted molar refractivity (Wildman–Crippen MR) is 49.1 cm³/mol. The van der Waals surface area contributed by atoms with Gasteiger partial charge in [0.1, 0.15) is 6.10 Å². The molecule has 0 fully saturated rings. The molecule has 0 saturated heterocycles. The van der Waals surface area contributed by atoms with Crippen LogP contribution in [0.25, 0.3) is 10.4 Å². The van der Waals surface area contributed by atoms with Crippen LogP contribution in [0.2, 0.25) is 0 Å². The lowest BCUT2D eigenvalue weighted by atomic mass is 10.1. The van der Waals surface area contributed by atoms with Gasteiger partial charge >= 0.3 is 0 Å². The Labute approximate surface area is 88.8 Å². The van der Waals surface area contributed by atoms with E-state index in [9.17, 15) is 19.0 Å². The Kier molecular flexibility index (Phi) is 4.12. The van der Waals surface area contributed by atoms with Crippen LogP contribution in [0, 0.1) is 11.9 Å². The molecule has 6 nitrogen and oxygen atoms in total. The molecule has 0 aliphatic carbocycles. The number of pyridine rings is 1. The third kappa shape index (κ3) is 3.13. The van der Waals surface area contributed by atoms with Crippen molar-refractivity contribution in [3.05, 3.63) is 40.0 Å². The number of aliphatic hydroxyl groups excluding tert-OH is 2. The van der Waals surface area contributed by atoms with Gasteiger partial charge in [-0.05, 0) is 23.2 Å². The first-order valence-electron chi connectivity index (χ1n) is 4.24. The summed E-state index contributed by atoms with van der Waals surface area (Å²) in [4.78, 5) is 5.21. The number of aromatic nitrogens is 1. The van der Waals surface area contributed by atoms with E-state index in [-0.39, 0.29) is 5.56 Å². The van der Waals surface area contributed by atoms with Gasteiger partial charge in [-0.15, -0.1) is 0 Å². The van der Waals surface area contributed by atoms with E-state index in [4.69, 9.17) is 5.53 Å². The smallest absolute Gasteiger partial charge is 0.215 e. The maximum absolute atomic E-state index is 12.7. The predicted octanol–water partition coefficient (Wildman–Crippen LogP) is 1.06. The Morgan fingerprint density at radius 1 is 1.38 bits per heavy atom. The second-order valence-electron chi connectivity index (χ2n) is 2.97. The lowest BCUT2D eigenvalue weighted by molar-refractivity contribution is 0.0239. The van der Waals surface area contributed by atoms with E-state index in [1.165, 1.54) is 0 Å². The molecule has 2 unspecified atom stereocenters. The molecule has 0 bridgehead atoms. The van der Waals surface area contributed by atoms with Gasteiger partial charge in [0.15, 0.2) is 0 Å². The Balaban J connectivity index is 2.86. The number of rotatable bonds is 4. The van der Waals surface area contributed by atoms with Gasteiger partial charge in [-0.25, -0.2) is 0 Å². The molecule has 1 aromatic heterocycles. The molecule has 0 amide bonds. The zero-order chi connectivity index (χ0) is 12.1. The molecule has 1 aromatic rings. The lowest BCUT2D eigenvalue weighted by Crippen LogP contribution is -2.21. The van der Waals surface area contributed by atoms with E-state index in [1.807, 2.05) is 0 Å². The van der Waals surface area contributed by atoms with E-state index in [1.54, 1.807) is 0 Å². The summed E-state index contributed by atoms with van der Waals surface area (Å²) in [6.45, 7) is -0.400. The Morgan fingerprint density at radius 3 is 2.44 bits per heavy atom. The van der Waals surface area contributed by atoms with Gasteiger partial charge in [-0.2, -0.15) is 13.8 Å². The highest BCUT2D eigenvalue weighted by atomic mass is 19.1. The number of nitrogens with zero attached hydrogens (tertiary/aromatic N) is 4. The Morgan fingerprint density at radius 2 is 1.94 bits per heavy atom. The highest BCUT2D eigenvalue weighted by Gasteiger charge is 2.19. The van der Waals surface area contributed by atoms with Crippen LogP contribution in [0.4, 0.5) is 8.78 Å². The van der Waals surface area contributed by atoms with Crippen molar-refractivity contribution in [3.63, 3.8) is 0 Å². The van der Waals surface area contributed by atoms with E-state index >= 15 is 0 Å². The zero-order valence-electron chi connectivity index (χ0n) is 7.96. The summed E-state index contributed by atoms with van der Waals surface area (Å²) in [5.74, 6) is -2.21. The van der Waals surface area contributed by atoms with Crippen molar-refractivity contribution in [1.29, 1.82) is 0 Å². The fraction of sp³-hybridized carbons (Fsp3) is 0.375. The second-order valence-corrected chi connectivity index (χ2v) is 2.97. The minimum Gasteiger partial charge on any atom is -0.390 e. The molecular formula is C8H8F2N4O2. The standard InChI is InChI=1S/C8H8F2N4O2/c9-6-1-4(2-7(10)13-6)8(16)5(15)3-12-14-11/h1-2,5,8,15-16H,3H2. The average molecular weight is 230 g/mol. The zero-order valence-corrected chi connectivity index (χ0v) is 7.96. The average Bonchev–Trinajstić information content (AvgIpc) is 2.23. The van der Waals surface area contributed by atoms with Gasteiger partial charge in [-0.1, -0.05) is 5.11 Å². The van der Waals surface area contributed by atoms with Crippen molar-refractivity contribution in [2.75, 3.05) is 6.54 Å². The minimum absolute atomic E-state index is 0.175. The molecule has 2 N–H and O–H groups in total. The van der Waals surface area contributed by atoms with Crippen molar-refractivity contribution >= 4 is 0 Å². The van der Waals surface area contributed by atoms with Crippen molar-refractivity contribution in [2.24, 2.45) is 5.11 Å². The van der Waals surface area contributed by atoms with Crippen molar-refractivity contribution in [1.82, 2.24) is 4.98 Å². The topological polar surface area (TPSA) is 102 Å². The molecule has 16 heavy (non-hydrogen) atoms. The maximum atomic E-state index is 12.7. The van der Waals surface area contributed by atoms with Gasteiger partial charge in [0.05, 0.1) is 12.6 Å². The highest BCUT2D eigenvalue weighted by Crippen LogP contribution is 2.18. The summed E-state index contributed by atoms with van der Waals surface area (Å²) in [6, 6.07) is 1.57. The fourth-order valence-corrected chi connectivity index (χ4v) is 1.10. The van der Waals surface area contributed by atoms with Crippen molar-refractivity contribution in [3.8, 4) is 0 Å². The number of halogens is 2. The largest absolute Gasteiger partial charge is 0.390 e. The first kappa shape index (κ1) is 12.3. The normalized spacial score (nSPS) is 14.0. The first-order chi connectivity index (χ1) is 7.54. The maximum Gasteiger partial charge on any atom is 0.215 e. The third-order valence-electron chi connectivity index (χ3n) is 1.82. The molecule has 0 saturated carbocycles. The SMILES string of the molecule is [N-]=[N+]=NCC(O)C(O)c1cc(F)nc(F)c1. The molecule has 0 aromatic carbocycles. The minimum atomic E-state index is -1.54. The number of aliphatic hydroxyl groups is 2. The van der Waals surface area contributed by atoms with E-state index in [2.05, 4.69) is 15.0 Å². The van der Waals surface area contributed by atoms with Crippen LogP contribution in [0.15, 0.2) is 17.2 Å². The number of azide groups is 1. The van der Waals surface area contributed by atoms with E-state index < -0.39 is 30.6 Å². The molecule has 0 aliphatic heterocycles. The van der Waals surface area contributed by atoms with Gasteiger partial charge in [0.2, 0.25) is 11.9 Å². The molecule has 8 heteroatoms. The molecule has 0 aliphatic rings. The van der Waals surface area contributed by atoms with Crippen LogP contribution in [0.1, 0.15) is 11.7 Å². The van der Waals surface area contributed by atoms with Crippen LogP contribution in [0.5, 0.6) is 0 Å². The molecule has 1 rings (SSSR count). The molecule has 0 spiro atoms. The van der Waals surface area contributed by atoms with E-state index in [0.29, 0.717) is 0 Å². The van der Waals surface area contributed by atoms with Gasteiger partial charge < -0.3 is 10.2 Å². The highest BCUT2D eigenvalue weighted by molar-refractivity contribution is 5.16. The summed E-state index contributed by atoms with van der Waals surface area (Å²) in [5.41, 5.74) is 7.82. The Hall–Kier alpha value is -1.76. The lowest BCUT2D eigenvalue weighted by Gasteiger charge is -2.15. The fourth-order valence-electron chi connectivity index (χ4n) is 1.10. The van der Waals surface area contributed by atoms with Gasteiger partial charge in [0.25, 0.3) is 0 Å². The second kappa shape index (κ2) is 5.36. The van der Waals surface area contributed by atoms with Gasteiger partial charge in [0, 0.05) is 4.91 Å². The van der Waals surface area contributed by atoms with Crippen molar-refractivity contribution < 1.29 is 19.0 Å². The molecule has 2 atom stereocenters. The summed E-state index contributed by atoms with van der Waals surface area (Å²) in [6.07, 6.45) is -2.98. The number of hydrogen-bond donors (Lipinski definition) is 2. The Bertz CT molecular complexity index is 402. The van der Waals surface area contributed by atoms with Crippen molar-refractivity contribution in [2.45, 2.75) is 12.2 Å². The summed E-state index contributed by atoms with van der Waals surface area (Å²) in [5, 5.41) is 21.8. The molecule has 86 valence electrons. The summed E-state index contributed by atoms with van der Waals surface area (Å²) in [7, 11) is 0. The van der Waals surface area contributed by atoms with E-state index in [0.717, 1.165) is 12.1 Å². The molecule has 0 radical (unpaired) electrons. The van der Waals surface area contributed by atoms with Crippen LogP contribution in [0.3, 0.4) is 0 Å². The number of hydrogen-bond acceptors (Lipinski definition) is 4. The third-order valence-corrected chi connectivity index (χ3v) is 1.82. The van der Waals surface area contributed by atoms with Crippen LogP contribution in [-0.4, -0.2) is 27.8 Å².